The zero-order chi connectivity index (χ0) is 22.0. The lowest BCUT2D eigenvalue weighted by Crippen LogP contribution is -2.31. The van der Waals surface area contributed by atoms with Gasteiger partial charge in [-0.1, -0.05) is 57.5 Å². The molecule has 0 saturated carbocycles. The van der Waals surface area contributed by atoms with Crippen molar-refractivity contribution < 1.29 is 19.4 Å². The Morgan fingerprint density at radius 2 is 1.77 bits per heavy atom. The third-order valence-corrected chi connectivity index (χ3v) is 5.07. The molecule has 3 rings (SSSR count). The fraction of sp³-hybridized carbons (Fsp3) is 0.360. The molecule has 1 unspecified atom stereocenters. The number of amides is 1. The number of aliphatic hydroxyl groups is 1. The predicted octanol–water partition coefficient (Wildman–Crippen LogP) is 5.15. The van der Waals surface area contributed by atoms with E-state index < -0.39 is 17.7 Å². The summed E-state index contributed by atoms with van der Waals surface area (Å²) < 4.78 is 5.85. The Kier molecular flexibility index (Phi) is 6.30. The maximum atomic E-state index is 13.0. The summed E-state index contributed by atoms with van der Waals surface area (Å²) in [6, 6.07) is 14.1. The van der Waals surface area contributed by atoms with E-state index in [2.05, 4.69) is 13.8 Å². The number of benzene rings is 2. The van der Waals surface area contributed by atoms with Gasteiger partial charge in [-0.3, -0.25) is 14.5 Å². The highest BCUT2D eigenvalue weighted by atomic mass is 16.5. The number of hydrogen-bond donors (Lipinski definition) is 1. The zero-order valence-electron chi connectivity index (χ0n) is 18.2. The molecule has 0 bridgehead atoms. The quantitative estimate of drug-likeness (QED) is 0.689. The van der Waals surface area contributed by atoms with E-state index in [-0.39, 0.29) is 17.3 Å². The van der Waals surface area contributed by atoms with Gasteiger partial charge in [0.15, 0.2) is 11.5 Å². The largest absolute Gasteiger partial charge is 0.503 e. The second-order valence-electron chi connectivity index (χ2n) is 8.47. The highest BCUT2D eigenvalue weighted by Gasteiger charge is 2.44. The lowest BCUT2D eigenvalue weighted by molar-refractivity contribution is -0.119. The maximum absolute atomic E-state index is 13.0. The Bertz CT molecular complexity index is 973. The summed E-state index contributed by atoms with van der Waals surface area (Å²) in [5.74, 6) is -0.605. The Morgan fingerprint density at radius 1 is 1.10 bits per heavy atom. The van der Waals surface area contributed by atoms with E-state index in [1.165, 1.54) is 4.90 Å². The Labute approximate surface area is 178 Å². The second kappa shape index (κ2) is 8.74. The van der Waals surface area contributed by atoms with E-state index >= 15 is 0 Å². The summed E-state index contributed by atoms with van der Waals surface area (Å²) in [4.78, 5) is 27.5. The molecule has 1 N–H and O–H groups in total. The first-order valence-corrected chi connectivity index (χ1v) is 10.3. The van der Waals surface area contributed by atoms with Crippen LogP contribution in [0.5, 0.6) is 5.75 Å². The number of ether oxygens (including phenoxy) is 1. The topological polar surface area (TPSA) is 66.8 Å². The number of aryl methyl sites for hydroxylation is 1. The summed E-state index contributed by atoms with van der Waals surface area (Å²) in [5.41, 5.74) is 2.54. The summed E-state index contributed by atoms with van der Waals surface area (Å²) in [7, 11) is 0. The van der Waals surface area contributed by atoms with Crippen molar-refractivity contribution in [1.29, 1.82) is 0 Å². The van der Waals surface area contributed by atoms with Crippen LogP contribution in [0.2, 0.25) is 0 Å². The van der Waals surface area contributed by atoms with Crippen LogP contribution >= 0.6 is 0 Å². The number of nitrogens with zero attached hydrogens (tertiary/aromatic N) is 1. The fourth-order valence-corrected chi connectivity index (χ4v) is 3.49. The number of anilines is 1. The minimum Gasteiger partial charge on any atom is -0.503 e. The highest BCUT2D eigenvalue weighted by molar-refractivity contribution is 6.16. The number of rotatable bonds is 7. The van der Waals surface area contributed by atoms with Crippen LogP contribution in [-0.4, -0.2) is 23.4 Å². The van der Waals surface area contributed by atoms with Crippen LogP contribution in [0, 0.1) is 18.8 Å². The lowest BCUT2D eigenvalue weighted by Gasteiger charge is -2.28. The first-order valence-electron chi connectivity index (χ1n) is 10.3. The smallest absolute Gasteiger partial charge is 0.294 e. The third kappa shape index (κ3) is 4.25. The van der Waals surface area contributed by atoms with Gasteiger partial charge >= 0.3 is 0 Å². The van der Waals surface area contributed by atoms with E-state index in [0.29, 0.717) is 24.0 Å². The first kappa shape index (κ1) is 21.6. The summed E-state index contributed by atoms with van der Waals surface area (Å²) in [6.07, 6.45) is 0. The molecule has 0 aromatic heterocycles. The van der Waals surface area contributed by atoms with Crippen molar-refractivity contribution in [1.82, 2.24) is 0 Å². The molecule has 5 heteroatoms. The molecule has 0 saturated heterocycles. The van der Waals surface area contributed by atoms with Gasteiger partial charge in [0.25, 0.3) is 5.91 Å². The van der Waals surface area contributed by atoms with Crippen LogP contribution in [0.4, 0.5) is 5.69 Å². The van der Waals surface area contributed by atoms with Gasteiger partial charge < -0.3 is 9.84 Å². The summed E-state index contributed by atoms with van der Waals surface area (Å²) in [5, 5.41) is 10.7. The van der Waals surface area contributed by atoms with Gasteiger partial charge in [-0.15, -0.1) is 0 Å². The zero-order valence-corrected chi connectivity index (χ0v) is 18.2. The lowest BCUT2D eigenvalue weighted by atomic mass is 9.91. The van der Waals surface area contributed by atoms with Crippen molar-refractivity contribution in [3.8, 4) is 5.75 Å². The van der Waals surface area contributed by atoms with E-state index in [1.807, 2.05) is 55.5 Å². The first-order chi connectivity index (χ1) is 14.2. The molecule has 1 atom stereocenters. The Hall–Kier alpha value is -3.08. The minimum atomic E-state index is -0.710. The average Bonchev–Trinajstić information content (AvgIpc) is 2.97. The Balaban J connectivity index is 2.11. The van der Waals surface area contributed by atoms with Crippen molar-refractivity contribution in [3.05, 3.63) is 71.0 Å². The number of aliphatic hydroxyl groups excluding tert-OH is 1. The van der Waals surface area contributed by atoms with Crippen molar-refractivity contribution in [2.75, 3.05) is 11.5 Å². The van der Waals surface area contributed by atoms with Crippen LogP contribution in [-0.2, 0) is 9.59 Å². The van der Waals surface area contributed by atoms with E-state index in [1.54, 1.807) is 13.8 Å². The van der Waals surface area contributed by atoms with Crippen LogP contribution in [0.1, 0.15) is 44.9 Å². The molecule has 1 amide bonds. The van der Waals surface area contributed by atoms with Gasteiger partial charge in [0.1, 0.15) is 5.75 Å². The molecule has 2 aromatic rings. The number of ketones is 1. The van der Waals surface area contributed by atoms with Crippen LogP contribution < -0.4 is 9.64 Å². The van der Waals surface area contributed by atoms with Crippen LogP contribution in [0.25, 0.3) is 0 Å². The molecule has 1 aliphatic heterocycles. The molecular weight excluding hydrogens is 378 g/mol. The van der Waals surface area contributed by atoms with E-state index in [4.69, 9.17) is 4.74 Å². The van der Waals surface area contributed by atoms with Crippen LogP contribution in [0.15, 0.2) is 59.9 Å². The summed E-state index contributed by atoms with van der Waals surface area (Å²) >= 11 is 0. The molecular formula is C25H29NO4. The molecule has 30 heavy (non-hydrogen) atoms. The molecule has 158 valence electrons. The summed E-state index contributed by atoms with van der Waals surface area (Å²) in [6.45, 7) is 10.2. The second-order valence-corrected chi connectivity index (χ2v) is 8.47. The van der Waals surface area contributed by atoms with Crippen molar-refractivity contribution in [2.45, 2.75) is 40.7 Å². The van der Waals surface area contributed by atoms with Crippen molar-refractivity contribution in [3.63, 3.8) is 0 Å². The molecule has 1 heterocycles. The minimum absolute atomic E-state index is 0.136. The Morgan fingerprint density at radius 3 is 2.37 bits per heavy atom. The van der Waals surface area contributed by atoms with Crippen molar-refractivity contribution >= 4 is 17.4 Å². The van der Waals surface area contributed by atoms with Crippen LogP contribution in [0.3, 0.4) is 0 Å². The van der Waals surface area contributed by atoms with Crippen molar-refractivity contribution in [2.24, 2.45) is 11.8 Å². The SMILES string of the molecule is Cc1ccc(N2C(=O)C(O)=C(C(=O)C(C)C)C2c2cccc(OCC(C)C)c2)cc1. The van der Waals surface area contributed by atoms with Gasteiger partial charge in [-0.2, -0.15) is 0 Å². The molecule has 1 aliphatic rings. The molecule has 5 nitrogen and oxygen atoms in total. The third-order valence-electron chi connectivity index (χ3n) is 5.07. The molecule has 2 aromatic carbocycles. The van der Waals surface area contributed by atoms with Gasteiger partial charge in [0.2, 0.25) is 0 Å². The van der Waals surface area contributed by atoms with Gasteiger partial charge in [-0.05, 0) is 42.7 Å². The monoisotopic (exact) mass is 407 g/mol. The number of carbonyl (C=O) groups is 2. The molecule has 0 fully saturated rings. The fourth-order valence-electron chi connectivity index (χ4n) is 3.49. The van der Waals surface area contributed by atoms with Gasteiger partial charge in [-0.25, -0.2) is 0 Å². The predicted molar refractivity (Wildman–Crippen MR) is 118 cm³/mol. The molecule has 0 spiro atoms. The maximum Gasteiger partial charge on any atom is 0.294 e. The molecule has 0 aliphatic carbocycles. The number of carbonyl (C=O) groups excluding carboxylic acids is 2. The normalized spacial score (nSPS) is 16.7. The van der Waals surface area contributed by atoms with E-state index in [9.17, 15) is 14.7 Å². The highest BCUT2D eigenvalue weighted by Crippen LogP contribution is 2.42. The average molecular weight is 408 g/mol. The number of hydrogen-bond acceptors (Lipinski definition) is 4. The number of Topliss-reactive ketones (excluding diaryl/α,β-unsaturated/α-hetero) is 1. The van der Waals surface area contributed by atoms with Gasteiger partial charge in [0.05, 0.1) is 18.2 Å². The van der Waals surface area contributed by atoms with Gasteiger partial charge in [0, 0.05) is 11.6 Å². The standard InChI is InChI=1S/C25H29NO4/c1-15(2)14-30-20-8-6-7-18(13-20)22-21(23(27)16(3)4)24(28)25(29)26(22)19-11-9-17(5)10-12-19/h6-13,15-16,22,28H,14H2,1-5H3. The molecule has 0 radical (unpaired) electrons. The van der Waals surface area contributed by atoms with E-state index in [0.717, 1.165) is 11.1 Å².